The maximum absolute atomic E-state index is 14.4. The molecule has 1 saturated carbocycles. The molecular weight excluding hydrogens is 363 g/mol. The van der Waals surface area contributed by atoms with Gasteiger partial charge in [0.2, 0.25) is 5.95 Å². The van der Waals surface area contributed by atoms with Gasteiger partial charge in [-0.05, 0) is 37.8 Å². The largest absolute Gasteiger partial charge is 0.393 e. The van der Waals surface area contributed by atoms with Crippen molar-refractivity contribution in [1.29, 1.82) is 0 Å². The lowest BCUT2D eigenvalue weighted by atomic mass is 9.93. The summed E-state index contributed by atoms with van der Waals surface area (Å²) in [5.74, 6) is -0.269. The number of aliphatic hydroxyl groups is 1. The summed E-state index contributed by atoms with van der Waals surface area (Å²) < 4.78 is 19.6. The Bertz CT molecular complexity index is 855. The van der Waals surface area contributed by atoms with Gasteiger partial charge in [-0.2, -0.15) is 0 Å². The number of benzene rings is 1. The minimum Gasteiger partial charge on any atom is -0.393 e. The first-order valence-corrected chi connectivity index (χ1v) is 9.56. The van der Waals surface area contributed by atoms with Crippen LogP contribution in [0.2, 0.25) is 0 Å². The predicted molar refractivity (Wildman–Crippen MR) is 102 cm³/mol. The molecule has 8 heteroatoms. The van der Waals surface area contributed by atoms with Gasteiger partial charge in [0.05, 0.1) is 18.9 Å². The van der Waals surface area contributed by atoms with Crippen LogP contribution in [0.4, 0.5) is 16.0 Å². The number of ether oxygens (including phenoxy) is 1. The van der Waals surface area contributed by atoms with Crippen LogP contribution in [0.1, 0.15) is 25.7 Å². The van der Waals surface area contributed by atoms with Crippen molar-refractivity contribution < 1.29 is 19.0 Å². The molecule has 148 valence electrons. The Labute approximate surface area is 162 Å². The highest BCUT2D eigenvalue weighted by molar-refractivity contribution is 5.95. The molecular formula is C20H23FN4O3. The van der Waals surface area contributed by atoms with Crippen LogP contribution in [0.3, 0.4) is 0 Å². The van der Waals surface area contributed by atoms with Crippen molar-refractivity contribution in [1.82, 2.24) is 9.97 Å². The number of hydrogen-bond donors (Lipinski definition) is 2. The summed E-state index contributed by atoms with van der Waals surface area (Å²) in [6.45, 7) is 0.993. The number of morpholine rings is 1. The molecule has 0 atom stereocenters. The highest BCUT2D eigenvalue weighted by Crippen LogP contribution is 2.27. The van der Waals surface area contributed by atoms with Gasteiger partial charge in [-0.15, -0.1) is 0 Å². The first kappa shape index (κ1) is 18.8. The third kappa shape index (κ3) is 4.13. The van der Waals surface area contributed by atoms with Crippen molar-refractivity contribution in [2.24, 2.45) is 0 Å². The molecule has 0 spiro atoms. The van der Waals surface area contributed by atoms with Gasteiger partial charge in [0, 0.05) is 23.8 Å². The second kappa shape index (κ2) is 8.20. The Kier molecular flexibility index (Phi) is 5.50. The Balaban J connectivity index is 1.56. The molecule has 28 heavy (non-hydrogen) atoms. The molecule has 1 aliphatic carbocycles. The molecule has 0 radical (unpaired) electrons. The number of hydrogen-bond acceptors (Lipinski definition) is 6. The molecule has 0 unspecified atom stereocenters. The fourth-order valence-electron chi connectivity index (χ4n) is 3.65. The van der Waals surface area contributed by atoms with Crippen LogP contribution in [-0.4, -0.2) is 52.9 Å². The SMILES string of the molecule is O=C1COCCN1c1cccc(-c2nc(NC3CCC(O)CC3)ncc2F)c1. The minimum absolute atomic E-state index is 0.0518. The van der Waals surface area contributed by atoms with E-state index in [1.54, 1.807) is 23.1 Å². The average Bonchev–Trinajstić information content (AvgIpc) is 2.71. The van der Waals surface area contributed by atoms with Crippen molar-refractivity contribution in [3.63, 3.8) is 0 Å². The summed E-state index contributed by atoms with van der Waals surface area (Å²) in [6.07, 6.45) is 4.04. The zero-order valence-corrected chi connectivity index (χ0v) is 15.5. The molecule has 2 fully saturated rings. The number of carbonyl (C=O) groups excluding carboxylic acids is 1. The summed E-state index contributed by atoms with van der Waals surface area (Å²) in [5, 5.41) is 12.9. The highest BCUT2D eigenvalue weighted by atomic mass is 19.1. The number of halogens is 1. The fourth-order valence-corrected chi connectivity index (χ4v) is 3.65. The van der Waals surface area contributed by atoms with Crippen molar-refractivity contribution >= 4 is 17.5 Å². The second-order valence-electron chi connectivity index (χ2n) is 7.19. The van der Waals surface area contributed by atoms with Crippen LogP contribution in [0.25, 0.3) is 11.3 Å². The van der Waals surface area contributed by atoms with Gasteiger partial charge in [0.25, 0.3) is 5.91 Å². The third-order valence-electron chi connectivity index (χ3n) is 5.19. The summed E-state index contributed by atoms with van der Waals surface area (Å²) in [4.78, 5) is 22.2. The van der Waals surface area contributed by atoms with Crippen LogP contribution in [0.15, 0.2) is 30.5 Å². The quantitative estimate of drug-likeness (QED) is 0.839. The Morgan fingerprint density at radius 3 is 2.86 bits per heavy atom. The minimum atomic E-state index is -0.518. The fraction of sp³-hybridized carbons (Fsp3) is 0.450. The maximum Gasteiger partial charge on any atom is 0.253 e. The zero-order valence-electron chi connectivity index (χ0n) is 15.5. The molecule has 1 aromatic carbocycles. The number of aliphatic hydroxyl groups excluding tert-OH is 1. The smallest absolute Gasteiger partial charge is 0.253 e. The zero-order chi connectivity index (χ0) is 19.5. The highest BCUT2D eigenvalue weighted by Gasteiger charge is 2.22. The van der Waals surface area contributed by atoms with Gasteiger partial charge in [-0.3, -0.25) is 4.79 Å². The molecule has 2 aliphatic rings. The van der Waals surface area contributed by atoms with Crippen LogP contribution < -0.4 is 10.2 Å². The third-order valence-corrected chi connectivity index (χ3v) is 5.19. The molecule has 1 saturated heterocycles. The molecule has 2 aromatic rings. The van der Waals surface area contributed by atoms with Gasteiger partial charge < -0.3 is 20.1 Å². The summed E-state index contributed by atoms with van der Waals surface area (Å²) in [5.41, 5.74) is 1.47. The Hall–Kier alpha value is -2.58. The molecule has 1 aliphatic heterocycles. The summed E-state index contributed by atoms with van der Waals surface area (Å²) in [6, 6.07) is 7.29. The molecule has 1 amide bonds. The van der Waals surface area contributed by atoms with E-state index in [9.17, 15) is 14.3 Å². The van der Waals surface area contributed by atoms with Crippen LogP contribution in [0, 0.1) is 5.82 Å². The first-order valence-electron chi connectivity index (χ1n) is 9.56. The van der Waals surface area contributed by atoms with E-state index in [1.807, 2.05) is 6.07 Å². The Morgan fingerprint density at radius 1 is 1.25 bits per heavy atom. The van der Waals surface area contributed by atoms with Gasteiger partial charge in [0.15, 0.2) is 5.82 Å². The Morgan fingerprint density at radius 2 is 2.07 bits per heavy atom. The van der Waals surface area contributed by atoms with Crippen LogP contribution in [-0.2, 0) is 9.53 Å². The van der Waals surface area contributed by atoms with E-state index in [0.717, 1.165) is 31.9 Å². The summed E-state index contributed by atoms with van der Waals surface area (Å²) in [7, 11) is 0. The number of rotatable bonds is 4. The lowest BCUT2D eigenvalue weighted by Gasteiger charge is -2.27. The second-order valence-corrected chi connectivity index (χ2v) is 7.19. The van der Waals surface area contributed by atoms with Crippen molar-refractivity contribution in [2.75, 3.05) is 30.0 Å². The van der Waals surface area contributed by atoms with E-state index in [-0.39, 0.29) is 30.4 Å². The standard InChI is InChI=1S/C20H23FN4O3/c21-17-11-22-20(23-14-4-6-16(26)7-5-14)24-19(17)13-2-1-3-15(10-13)25-8-9-28-12-18(25)27/h1-3,10-11,14,16,26H,4-9,12H2,(H,22,23,24). The number of nitrogens with zero attached hydrogens (tertiary/aromatic N) is 3. The number of carbonyl (C=O) groups is 1. The van der Waals surface area contributed by atoms with E-state index in [2.05, 4.69) is 15.3 Å². The predicted octanol–water partition coefficient (Wildman–Crippen LogP) is 2.36. The number of anilines is 2. The van der Waals surface area contributed by atoms with Crippen molar-refractivity contribution in [3.05, 3.63) is 36.3 Å². The molecule has 1 aromatic heterocycles. The van der Waals surface area contributed by atoms with Crippen LogP contribution >= 0.6 is 0 Å². The van der Waals surface area contributed by atoms with E-state index < -0.39 is 5.82 Å². The molecule has 2 N–H and O–H groups in total. The normalized spacial score (nSPS) is 22.9. The molecule has 7 nitrogen and oxygen atoms in total. The van der Waals surface area contributed by atoms with Gasteiger partial charge in [-0.25, -0.2) is 14.4 Å². The number of nitrogens with one attached hydrogen (secondary N) is 1. The lowest BCUT2D eigenvalue weighted by Crippen LogP contribution is -2.41. The van der Waals surface area contributed by atoms with Gasteiger partial charge in [-0.1, -0.05) is 12.1 Å². The number of aromatic nitrogens is 2. The molecule has 0 bridgehead atoms. The average molecular weight is 386 g/mol. The number of amides is 1. The van der Waals surface area contributed by atoms with Crippen molar-refractivity contribution in [2.45, 2.75) is 37.8 Å². The molecule has 2 heterocycles. The first-order chi connectivity index (χ1) is 13.6. The van der Waals surface area contributed by atoms with Gasteiger partial charge >= 0.3 is 0 Å². The van der Waals surface area contributed by atoms with E-state index >= 15 is 0 Å². The van der Waals surface area contributed by atoms with Crippen molar-refractivity contribution in [3.8, 4) is 11.3 Å². The van der Waals surface area contributed by atoms with Crippen LogP contribution in [0.5, 0.6) is 0 Å². The lowest BCUT2D eigenvalue weighted by molar-refractivity contribution is -0.125. The molecule has 4 rings (SSSR count). The topological polar surface area (TPSA) is 87.6 Å². The van der Waals surface area contributed by atoms with Gasteiger partial charge in [0.1, 0.15) is 12.3 Å². The maximum atomic E-state index is 14.4. The van der Waals surface area contributed by atoms with E-state index in [0.29, 0.717) is 30.4 Å². The summed E-state index contributed by atoms with van der Waals surface area (Å²) >= 11 is 0. The van der Waals surface area contributed by atoms with E-state index in [1.165, 1.54) is 0 Å². The monoisotopic (exact) mass is 386 g/mol. The van der Waals surface area contributed by atoms with E-state index in [4.69, 9.17) is 4.74 Å².